The van der Waals surface area contributed by atoms with Gasteiger partial charge in [0.1, 0.15) is 0 Å². The zero-order valence-corrected chi connectivity index (χ0v) is 7.04. The highest BCUT2D eigenvalue weighted by Gasteiger charge is 2.17. The molecule has 0 bridgehead atoms. The number of rotatable bonds is 6. The molecule has 0 aromatic rings. The number of nitrogens with two attached hydrogens (primary N) is 1. The molecule has 0 aliphatic rings. The summed E-state index contributed by atoms with van der Waals surface area (Å²) in [6.45, 7) is 2.52. The van der Waals surface area contributed by atoms with Crippen molar-refractivity contribution in [2.75, 3.05) is 6.54 Å². The Bertz CT molecular complexity index is 170. The molecule has 5 heteroatoms. The van der Waals surface area contributed by atoms with Gasteiger partial charge in [0.2, 0.25) is 5.91 Å². The minimum Gasteiger partial charge on any atom is -0.481 e. The molecule has 1 atom stereocenters. The molecule has 4 N–H and O–H groups in total. The molecule has 0 aromatic carbocycles. The second-order valence-electron chi connectivity index (χ2n) is 2.51. The van der Waals surface area contributed by atoms with Gasteiger partial charge in [0.15, 0.2) is 0 Å². The summed E-state index contributed by atoms with van der Waals surface area (Å²) >= 11 is 0. The van der Waals surface area contributed by atoms with Crippen molar-refractivity contribution >= 4 is 11.9 Å². The van der Waals surface area contributed by atoms with Crippen LogP contribution in [0.15, 0.2) is 0 Å². The molecule has 0 spiro atoms. The van der Waals surface area contributed by atoms with E-state index in [1.807, 2.05) is 6.92 Å². The lowest BCUT2D eigenvalue weighted by atomic mass is 10.2. The highest BCUT2D eigenvalue weighted by Crippen LogP contribution is 1.91. The Hall–Kier alpha value is -1.10. The minimum atomic E-state index is -1.03. The smallest absolute Gasteiger partial charge is 0.305 e. The van der Waals surface area contributed by atoms with Crippen molar-refractivity contribution in [3.63, 3.8) is 0 Å². The van der Waals surface area contributed by atoms with Crippen LogP contribution in [0.25, 0.3) is 0 Å². The molecule has 0 radical (unpaired) electrons. The Labute approximate surface area is 70.9 Å². The Morgan fingerprint density at radius 3 is 2.50 bits per heavy atom. The van der Waals surface area contributed by atoms with Gasteiger partial charge in [0.05, 0.1) is 12.5 Å². The van der Waals surface area contributed by atoms with Gasteiger partial charge >= 0.3 is 5.97 Å². The van der Waals surface area contributed by atoms with Crippen molar-refractivity contribution in [2.24, 2.45) is 5.73 Å². The number of hydrogen-bond acceptors (Lipinski definition) is 3. The molecule has 0 aromatic heterocycles. The summed E-state index contributed by atoms with van der Waals surface area (Å²) in [6.07, 6.45) is 0.582. The fraction of sp³-hybridized carbons (Fsp3) is 0.714. The molecule has 0 saturated heterocycles. The van der Waals surface area contributed by atoms with E-state index in [-0.39, 0.29) is 6.42 Å². The van der Waals surface area contributed by atoms with Crippen LogP contribution in [0, 0.1) is 0 Å². The predicted octanol–water partition coefficient (Wildman–Crippen LogP) is -0.685. The average molecular weight is 174 g/mol. The van der Waals surface area contributed by atoms with E-state index >= 15 is 0 Å². The topological polar surface area (TPSA) is 92.4 Å². The summed E-state index contributed by atoms with van der Waals surface area (Å²) in [7, 11) is 0. The number of carbonyl (C=O) groups is 2. The van der Waals surface area contributed by atoms with Crippen molar-refractivity contribution in [1.29, 1.82) is 0 Å². The number of nitrogens with one attached hydrogen (secondary N) is 1. The van der Waals surface area contributed by atoms with Gasteiger partial charge < -0.3 is 16.2 Å². The Kier molecular flexibility index (Phi) is 5.03. The first-order valence-corrected chi connectivity index (χ1v) is 3.82. The lowest BCUT2D eigenvalue weighted by Gasteiger charge is -2.11. The fourth-order valence-electron chi connectivity index (χ4n) is 0.767. The van der Waals surface area contributed by atoms with E-state index in [4.69, 9.17) is 10.8 Å². The van der Waals surface area contributed by atoms with Crippen LogP contribution in [0.4, 0.5) is 0 Å². The van der Waals surface area contributed by atoms with Crippen LogP contribution in [-0.2, 0) is 9.59 Å². The third-order valence-electron chi connectivity index (χ3n) is 1.36. The van der Waals surface area contributed by atoms with Crippen LogP contribution in [0.1, 0.15) is 19.8 Å². The Morgan fingerprint density at radius 1 is 1.58 bits per heavy atom. The van der Waals surface area contributed by atoms with E-state index in [0.717, 1.165) is 6.42 Å². The van der Waals surface area contributed by atoms with Gasteiger partial charge in [-0.3, -0.25) is 9.59 Å². The van der Waals surface area contributed by atoms with Gasteiger partial charge in [-0.05, 0) is 13.0 Å². The molecular weight excluding hydrogens is 160 g/mol. The van der Waals surface area contributed by atoms with Crippen LogP contribution in [0.5, 0.6) is 0 Å². The van der Waals surface area contributed by atoms with Gasteiger partial charge in [0, 0.05) is 0 Å². The van der Waals surface area contributed by atoms with Crippen LogP contribution < -0.4 is 11.1 Å². The van der Waals surface area contributed by atoms with Gasteiger partial charge in [-0.1, -0.05) is 6.92 Å². The average Bonchev–Trinajstić information content (AvgIpc) is 1.96. The first-order chi connectivity index (χ1) is 5.57. The zero-order valence-electron chi connectivity index (χ0n) is 7.04. The molecule has 0 rings (SSSR count). The maximum atomic E-state index is 10.6. The number of aliphatic carboxylic acids is 1. The van der Waals surface area contributed by atoms with E-state index in [1.165, 1.54) is 0 Å². The second kappa shape index (κ2) is 5.54. The van der Waals surface area contributed by atoms with E-state index in [0.29, 0.717) is 6.54 Å². The lowest BCUT2D eigenvalue weighted by Crippen LogP contribution is -2.43. The standard InChI is InChI=1S/C7H14N2O3/c1-2-3-9-5(7(8)12)4-6(10)11/h5,9H,2-4H2,1H3,(H2,8,12)(H,10,11)/t5-/m0/s1. The van der Waals surface area contributed by atoms with Crippen LogP contribution in [0.2, 0.25) is 0 Å². The van der Waals surface area contributed by atoms with Crippen LogP contribution in [-0.4, -0.2) is 29.6 Å². The number of hydrogen-bond donors (Lipinski definition) is 3. The monoisotopic (exact) mass is 174 g/mol. The minimum absolute atomic E-state index is 0.255. The van der Waals surface area contributed by atoms with Crippen LogP contribution >= 0.6 is 0 Å². The predicted molar refractivity (Wildman–Crippen MR) is 43.5 cm³/mol. The van der Waals surface area contributed by atoms with E-state index in [2.05, 4.69) is 5.32 Å². The van der Waals surface area contributed by atoms with Gasteiger partial charge in [-0.15, -0.1) is 0 Å². The molecule has 0 heterocycles. The van der Waals surface area contributed by atoms with Gasteiger partial charge in [0.25, 0.3) is 0 Å². The first kappa shape index (κ1) is 10.9. The SMILES string of the molecule is CCCN[C@@H](CC(=O)O)C(N)=O. The Morgan fingerprint density at radius 2 is 2.17 bits per heavy atom. The summed E-state index contributed by atoms with van der Waals surface area (Å²) in [5, 5.41) is 11.1. The molecule has 0 fully saturated rings. The number of primary amides is 1. The van der Waals surface area contributed by atoms with E-state index < -0.39 is 17.9 Å². The van der Waals surface area contributed by atoms with Crippen molar-refractivity contribution in [1.82, 2.24) is 5.32 Å². The summed E-state index contributed by atoms with van der Waals surface area (Å²) in [5.74, 6) is -1.65. The Balaban J connectivity index is 3.87. The molecule has 5 nitrogen and oxygen atoms in total. The summed E-state index contributed by atoms with van der Waals surface area (Å²) in [6, 6.07) is -0.748. The van der Waals surface area contributed by atoms with Gasteiger partial charge in [-0.2, -0.15) is 0 Å². The van der Waals surface area contributed by atoms with Crippen molar-refractivity contribution in [3.8, 4) is 0 Å². The summed E-state index contributed by atoms with van der Waals surface area (Å²) < 4.78 is 0. The molecule has 0 unspecified atom stereocenters. The molecule has 0 saturated carbocycles. The number of amides is 1. The van der Waals surface area contributed by atoms with E-state index in [9.17, 15) is 9.59 Å². The van der Waals surface area contributed by atoms with Crippen molar-refractivity contribution in [2.45, 2.75) is 25.8 Å². The summed E-state index contributed by atoms with van der Waals surface area (Å²) in [4.78, 5) is 20.9. The quantitative estimate of drug-likeness (QED) is 0.497. The van der Waals surface area contributed by atoms with Crippen molar-refractivity contribution in [3.05, 3.63) is 0 Å². The first-order valence-electron chi connectivity index (χ1n) is 3.82. The normalized spacial score (nSPS) is 12.4. The number of carboxylic acid groups (broad SMARTS) is 1. The number of carbonyl (C=O) groups excluding carboxylic acids is 1. The molecule has 0 aliphatic heterocycles. The molecule has 1 amide bonds. The maximum Gasteiger partial charge on any atom is 0.305 e. The summed E-state index contributed by atoms with van der Waals surface area (Å²) in [5.41, 5.74) is 4.96. The third-order valence-corrected chi connectivity index (χ3v) is 1.36. The van der Waals surface area contributed by atoms with E-state index in [1.54, 1.807) is 0 Å². The highest BCUT2D eigenvalue weighted by atomic mass is 16.4. The van der Waals surface area contributed by atoms with Crippen molar-refractivity contribution < 1.29 is 14.7 Å². The molecule has 12 heavy (non-hydrogen) atoms. The third kappa shape index (κ3) is 4.68. The molecule has 0 aliphatic carbocycles. The number of carboxylic acids is 1. The highest BCUT2D eigenvalue weighted by molar-refractivity contribution is 5.84. The molecular formula is C7H14N2O3. The maximum absolute atomic E-state index is 10.6. The largest absolute Gasteiger partial charge is 0.481 e. The fourth-order valence-corrected chi connectivity index (χ4v) is 0.767. The zero-order chi connectivity index (χ0) is 9.56. The lowest BCUT2D eigenvalue weighted by molar-refractivity contribution is -0.139. The van der Waals surface area contributed by atoms with Crippen LogP contribution in [0.3, 0.4) is 0 Å². The van der Waals surface area contributed by atoms with Gasteiger partial charge in [-0.25, -0.2) is 0 Å². The second-order valence-corrected chi connectivity index (χ2v) is 2.51. The molecule has 70 valence electrons.